The Labute approximate surface area is 370 Å². The molecule has 63 heavy (non-hydrogen) atoms. The summed E-state index contributed by atoms with van der Waals surface area (Å²) in [6, 6.07) is 50.2. The molecule has 1 spiro atoms. The number of nitrogens with zero attached hydrogens (tertiary/aromatic N) is 1. The number of allylic oxidation sites excluding steroid dienone is 12. The molecular formula is C61H47NO. The smallest absolute Gasteiger partial charge is 0.158 e. The molecule has 0 fully saturated rings. The van der Waals surface area contributed by atoms with E-state index in [4.69, 9.17) is 4.42 Å². The topological polar surface area (TPSA) is 16.4 Å². The van der Waals surface area contributed by atoms with E-state index in [1.54, 1.807) is 0 Å². The van der Waals surface area contributed by atoms with Crippen molar-refractivity contribution < 1.29 is 4.42 Å². The number of hydrogen-bond donors (Lipinski definition) is 0. The molecule has 302 valence electrons. The van der Waals surface area contributed by atoms with Crippen molar-refractivity contribution in [3.05, 3.63) is 256 Å². The van der Waals surface area contributed by atoms with Gasteiger partial charge in [0.15, 0.2) is 5.58 Å². The quantitative estimate of drug-likeness (QED) is 0.172. The molecule has 6 aliphatic carbocycles. The number of benzene rings is 5. The zero-order chi connectivity index (χ0) is 41.7. The first-order valence-corrected chi connectivity index (χ1v) is 22.9. The van der Waals surface area contributed by atoms with E-state index < -0.39 is 0 Å². The van der Waals surface area contributed by atoms with Gasteiger partial charge in [-0.05, 0) is 118 Å². The lowest BCUT2D eigenvalue weighted by atomic mass is 9.57. The lowest BCUT2D eigenvalue weighted by Crippen LogP contribution is -2.39. The van der Waals surface area contributed by atoms with Crippen molar-refractivity contribution in [3.63, 3.8) is 0 Å². The van der Waals surface area contributed by atoms with Gasteiger partial charge in [-0.2, -0.15) is 0 Å². The van der Waals surface area contributed by atoms with Crippen molar-refractivity contribution in [2.45, 2.75) is 61.7 Å². The van der Waals surface area contributed by atoms with Crippen LogP contribution in [0.3, 0.4) is 0 Å². The third-order valence-corrected chi connectivity index (χ3v) is 15.2. The number of fused-ring (bicyclic) bond motifs is 13. The average molecular weight is 810 g/mol. The van der Waals surface area contributed by atoms with Crippen molar-refractivity contribution in [3.8, 4) is 0 Å². The van der Waals surface area contributed by atoms with E-state index in [2.05, 4.69) is 212 Å². The number of anilines is 2. The third kappa shape index (κ3) is 5.39. The Bertz CT molecular complexity index is 3270. The van der Waals surface area contributed by atoms with Gasteiger partial charge in [-0.15, -0.1) is 0 Å². The van der Waals surface area contributed by atoms with Crippen molar-refractivity contribution in [2.24, 2.45) is 5.92 Å². The summed E-state index contributed by atoms with van der Waals surface area (Å²) in [4.78, 5) is 2.43. The molecular weight excluding hydrogens is 763 g/mol. The lowest BCUT2D eigenvalue weighted by Gasteiger charge is -2.44. The fourth-order valence-corrected chi connectivity index (χ4v) is 12.2. The molecule has 0 radical (unpaired) electrons. The Balaban J connectivity index is 0.932. The van der Waals surface area contributed by atoms with Crippen LogP contribution in [0.5, 0.6) is 0 Å². The molecule has 13 rings (SSSR count). The molecule has 1 aromatic heterocycles. The molecule has 0 amide bonds. The Kier molecular flexibility index (Phi) is 8.11. The second kappa shape index (κ2) is 14.0. The molecule has 1 heterocycles. The average Bonchev–Trinajstić information content (AvgIpc) is 3.87. The molecule has 6 aliphatic rings. The highest BCUT2D eigenvalue weighted by Crippen LogP contribution is 2.62. The van der Waals surface area contributed by atoms with Crippen LogP contribution in [0.4, 0.5) is 11.4 Å². The Morgan fingerprint density at radius 2 is 1.62 bits per heavy atom. The Morgan fingerprint density at radius 3 is 2.52 bits per heavy atom. The van der Waals surface area contributed by atoms with Crippen molar-refractivity contribution in [2.75, 3.05) is 4.90 Å². The largest absolute Gasteiger partial charge is 0.458 e. The monoisotopic (exact) mass is 809 g/mol. The minimum atomic E-state index is -0.311. The van der Waals surface area contributed by atoms with Crippen molar-refractivity contribution >= 4 is 39.2 Å². The molecule has 6 aromatic carbocycles. The molecule has 0 saturated carbocycles. The minimum Gasteiger partial charge on any atom is -0.458 e. The number of para-hydroxylation sites is 1. The van der Waals surface area contributed by atoms with Crippen LogP contribution in [0.15, 0.2) is 198 Å². The standard InChI is InChI=1S/C61H47NO/c1-60(45-31-29-44-37-43-19-7-10-25-53(43)61(56(44)39-45)54-26-11-8-20-49(54)50-21-9-12-27-55(50)61)35-33-46(34-36-60)62(47-32-30-40-15-5-6-18-42(40)38-47)57-28-14-24-52-51-23-13-22-48(58(51)63-59(52)57)41-16-3-2-4-17-41/h3,5-8,10-20,23-35,38-39,48-49,54H,2,4,22,36-37H2,1H3. The predicted octanol–water partition coefficient (Wildman–Crippen LogP) is 15.0. The van der Waals surface area contributed by atoms with E-state index in [1.165, 1.54) is 66.2 Å². The summed E-state index contributed by atoms with van der Waals surface area (Å²) in [6.07, 6.45) is 33.2. The lowest BCUT2D eigenvalue weighted by molar-refractivity contribution is 0.443. The van der Waals surface area contributed by atoms with E-state index in [-0.39, 0.29) is 28.6 Å². The number of furan rings is 1. The van der Waals surface area contributed by atoms with Gasteiger partial charge in [0, 0.05) is 51.1 Å². The Morgan fingerprint density at radius 1 is 0.730 bits per heavy atom. The highest BCUT2D eigenvalue weighted by Gasteiger charge is 2.56. The molecule has 0 N–H and O–H groups in total. The van der Waals surface area contributed by atoms with Crippen LogP contribution in [0.25, 0.3) is 27.8 Å². The SMILES string of the molecule is CC1(c2ccc3c(c2)C2(c4ccc#cc4C4C=CC=CC42)c2ccccc2C3)C=CC(N(c2ccc3ccccc3c2)c2cccc3c4c(oc23)C(C2=CCCC=C2)CC=C4)=CC1. The van der Waals surface area contributed by atoms with Gasteiger partial charge in [0.1, 0.15) is 5.76 Å². The number of hydrogen-bond acceptors (Lipinski definition) is 2. The highest BCUT2D eigenvalue weighted by atomic mass is 16.3. The van der Waals surface area contributed by atoms with Gasteiger partial charge in [0.05, 0.1) is 11.1 Å². The second-order valence-corrected chi connectivity index (χ2v) is 18.6. The van der Waals surface area contributed by atoms with Gasteiger partial charge in [-0.3, -0.25) is 0 Å². The first kappa shape index (κ1) is 36.6. The fourth-order valence-electron chi connectivity index (χ4n) is 12.2. The summed E-state index contributed by atoms with van der Waals surface area (Å²) < 4.78 is 7.13. The normalized spacial score (nSPS) is 24.6. The van der Waals surface area contributed by atoms with Crippen LogP contribution < -0.4 is 4.90 Å². The summed E-state index contributed by atoms with van der Waals surface area (Å²) in [7, 11) is 0. The summed E-state index contributed by atoms with van der Waals surface area (Å²) in [6.45, 7) is 2.42. The molecule has 5 unspecified atom stereocenters. The Hall–Kier alpha value is -7.08. The summed E-state index contributed by atoms with van der Waals surface area (Å²) >= 11 is 0. The first-order valence-electron chi connectivity index (χ1n) is 22.9. The molecule has 2 heteroatoms. The molecule has 5 atom stereocenters. The van der Waals surface area contributed by atoms with Gasteiger partial charge in [0.2, 0.25) is 0 Å². The molecule has 0 saturated heterocycles. The predicted molar refractivity (Wildman–Crippen MR) is 259 cm³/mol. The zero-order valence-corrected chi connectivity index (χ0v) is 35.5. The van der Waals surface area contributed by atoms with Gasteiger partial charge >= 0.3 is 0 Å². The van der Waals surface area contributed by atoms with Crippen LogP contribution >= 0.6 is 0 Å². The van der Waals surface area contributed by atoms with Crippen LogP contribution in [0, 0.1) is 18.1 Å². The maximum absolute atomic E-state index is 7.13. The third-order valence-electron chi connectivity index (χ3n) is 15.2. The van der Waals surface area contributed by atoms with Crippen molar-refractivity contribution in [1.29, 1.82) is 0 Å². The molecule has 0 bridgehead atoms. The van der Waals surface area contributed by atoms with Gasteiger partial charge < -0.3 is 9.32 Å². The van der Waals surface area contributed by atoms with E-state index in [1.807, 2.05) is 0 Å². The fraction of sp³-hybridized carbons (Fsp3) is 0.180. The maximum Gasteiger partial charge on any atom is 0.158 e. The number of rotatable bonds is 5. The highest BCUT2D eigenvalue weighted by molar-refractivity contribution is 6.00. The zero-order valence-electron chi connectivity index (χ0n) is 35.5. The van der Waals surface area contributed by atoms with E-state index in [0.29, 0.717) is 0 Å². The van der Waals surface area contributed by atoms with Gasteiger partial charge in [0.25, 0.3) is 0 Å². The van der Waals surface area contributed by atoms with Crippen LogP contribution in [-0.2, 0) is 17.3 Å². The van der Waals surface area contributed by atoms with Gasteiger partial charge in [-0.25, -0.2) is 0 Å². The molecule has 2 nitrogen and oxygen atoms in total. The van der Waals surface area contributed by atoms with Crippen LogP contribution in [0.1, 0.15) is 94.7 Å². The van der Waals surface area contributed by atoms with E-state index in [0.717, 1.165) is 60.5 Å². The summed E-state index contributed by atoms with van der Waals surface area (Å²) in [5.74, 6) is 1.82. The second-order valence-electron chi connectivity index (χ2n) is 18.6. The van der Waals surface area contributed by atoms with E-state index in [9.17, 15) is 0 Å². The summed E-state index contributed by atoms with van der Waals surface area (Å²) in [5, 5.41) is 3.61. The minimum absolute atomic E-state index is 0.222. The molecule has 7 aromatic rings. The maximum atomic E-state index is 7.13. The van der Waals surface area contributed by atoms with Crippen molar-refractivity contribution in [1.82, 2.24) is 0 Å². The van der Waals surface area contributed by atoms with Gasteiger partial charge in [-0.1, -0.05) is 171 Å². The molecule has 0 aliphatic heterocycles. The van der Waals surface area contributed by atoms with Crippen LogP contribution in [-0.4, -0.2) is 0 Å². The van der Waals surface area contributed by atoms with E-state index >= 15 is 0 Å². The summed E-state index contributed by atoms with van der Waals surface area (Å²) in [5.41, 5.74) is 16.0. The first-order chi connectivity index (χ1) is 31.1. The van der Waals surface area contributed by atoms with Crippen LogP contribution in [0.2, 0.25) is 0 Å².